The van der Waals surface area contributed by atoms with Crippen LogP contribution in [0.2, 0.25) is 0 Å². The number of carbonyl (C=O) groups excluding carboxylic acids is 5. The third kappa shape index (κ3) is 9.45. The van der Waals surface area contributed by atoms with E-state index in [1.165, 1.54) is 0 Å². The Labute approximate surface area is 270 Å². The third-order valence-electron chi connectivity index (χ3n) is 7.78. The number of nitrogens with zero attached hydrogens (tertiary/aromatic N) is 1. The molecule has 0 aromatic heterocycles. The highest BCUT2D eigenvalue weighted by Gasteiger charge is 2.74. The average Bonchev–Trinajstić information content (AvgIpc) is 2.93. The summed E-state index contributed by atoms with van der Waals surface area (Å²) in [7, 11) is 0. The van der Waals surface area contributed by atoms with Crippen LogP contribution in [0.15, 0.2) is 0 Å². The van der Waals surface area contributed by atoms with Gasteiger partial charge < -0.3 is 44.6 Å². The van der Waals surface area contributed by atoms with Crippen LogP contribution in [-0.2, 0) is 33.6 Å². The van der Waals surface area contributed by atoms with Crippen molar-refractivity contribution < 1.29 is 43.8 Å². The van der Waals surface area contributed by atoms with Crippen LogP contribution in [0.25, 0.3) is 0 Å². The number of imide groups is 1. The van der Waals surface area contributed by atoms with Gasteiger partial charge >= 0.3 is 11.9 Å². The third-order valence-corrected chi connectivity index (χ3v) is 7.78. The second-order valence-electron chi connectivity index (χ2n) is 13.1. The number of ketones is 3. The van der Waals surface area contributed by atoms with Crippen molar-refractivity contribution in [3.63, 3.8) is 0 Å². The van der Waals surface area contributed by atoms with Gasteiger partial charge in [0.25, 0.3) is 0 Å². The summed E-state index contributed by atoms with van der Waals surface area (Å²) in [6.45, 7) is 8.78. The fourth-order valence-corrected chi connectivity index (χ4v) is 5.87. The van der Waals surface area contributed by atoms with Crippen molar-refractivity contribution in [3.05, 3.63) is 0 Å². The van der Waals surface area contributed by atoms with E-state index in [0.29, 0.717) is 0 Å². The topological polar surface area (TPSA) is 319 Å². The molecule has 6 atom stereocenters. The lowest BCUT2D eigenvalue weighted by molar-refractivity contribution is -0.188. The van der Waals surface area contributed by atoms with E-state index in [1.54, 1.807) is 41.5 Å². The molecule has 0 rings (SSSR count). The van der Waals surface area contributed by atoms with Crippen LogP contribution in [0.1, 0.15) is 80.1 Å². The highest BCUT2D eigenvalue weighted by atomic mass is 16.4. The van der Waals surface area contributed by atoms with Gasteiger partial charge in [-0.05, 0) is 56.4 Å². The standard InChI is InChI=1S/C30H55N7O9/c1-15(2)10-18(33)24(41)29(8-7-9-31,22(38)14-32)30(28(45)46,25(42)19(34)11-16(3)4)37(26(43)20(35)12-17(5)6)27(44)21(36)13-23(39)40/h15-21H,7-14,31-36H2,1-6H3,(H,39,40)(H,45,46). The maximum Gasteiger partial charge on any atom is 0.339 e. The molecule has 0 bridgehead atoms. The molecule has 0 aromatic rings. The minimum absolute atomic E-state index is 0.0947. The van der Waals surface area contributed by atoms with E-state index < -0.39 is 95.6 Å². The van der Waals surface area contributed by atoms with Gasteiger partial charge in [-0.1, -0.05) is 41.5 Å². The number of hydrogen-bond acceptors (Lipinski definition) is 13. The van der Waals surface area contributed by atoms with E-state index in [1.807, 2.05) is 0 Å². The molecule has 14 N–H and O–H groups in total. The van der Waals surface area contributed by atoms with Gasteiger partial charge in [0.05, 0.1) is 37.1 Å². The molecular weight excluding hydrogens is 602 g/mol. The van der Waals surface area contributed by atoms with E-state index in [-0.39, 0.29) is 54.9 Å². The zero-order valence-corrected chi connectivity index (χ0v) is 27.9. The Morgan fingerprint density at radius 1 is 0.652 bits per heavy atom. The van der Waals surface area contributed by atoms with Gasteiger partial charge in [-0.25, -0.2) is 4.79 Å². The normalized spacial score (nSPS) is 17.0. The molecule has 6 unspecified atom stereocenters. The first-order chi connectivity index (χ1) is 21.1. The molecule has 0 heterocycles. The number of hydrogen-bond donors (Lipinski definition) is 8. The maximum absolute atomic E-state index is 14.8. The molecule has 0 radical (unpaired) electrons. The Morgan fingerprint density at radius 3 is 1.43 bits per heavy atom. The second-order valence-corrected chi connectivity index (χ2v) is 13.1. The summed E-state index contributed by atoms with van der Waals surface area (Å²) in [4.78, 5) is 97.6. The molecule has 2 amide bonds. The summed E-state index contributed by atoms with van der Waals surface area (Å²) in [5.41, 5.74) is 29.4. The number of aliphatic carboxylic acids is 2. The summed E-state index contributed by atoms with van der Waals surface area (Å²) in [5.74, 6) is -12.2. The van der Waals surface area contributed by atoms with Crippen LogP contribution in [0.4, 0.5) is 0 Å². The Hall–Kier alpha value is -3.15. The molecule has 0 aliphatic heterocycles. The Balaban J connectivity index is 8.82. The van der Waals surface area contributed by atoms with Gasteiger partial charge in [-0.15, -0.1) is 0 Å². The van der Waals surface area contributed by atoms with Crippen LogP contribution >= 0.6 is 0 Å². The molecule has 264 valence electrons. The zero-order chi connectivity index (χ0) is 36.3. The Bertz CT molecular complexity index is 1130. The van der Waals surface area contributed by atoms with Crippen molar-refractivity contribution in [1.82, 2.24) is 4.90 Å². The quantitative estimate of drug-likeness (QED) is 0.0613. The summed E-state index contributed by atoms with van der Waals surface area (Å²) in [6, 6.07) is -7.16. The maximum atomic E-state index is 14.8. The molecule has 0 fully saturated rings. The summed E-state index contributed by atoms with van der Waals surface area (Å²) in [6.07, 6.45) is -2.65. The monoisotopic (exact) mass is 657 g/mol. The predicted molar refractivity (Wildman–Crippen MR) is 170 cm³/mol. The van der Waals surface area contributed by atoms with Crippen LogP contribution in [0.3, 0.4) is 0 Å². The van der Waals surface area contributed by atoms with Gasteiger partial charge in [-0.3, -0.25) is 33.7 Å². The number of Topliss-reactive ketones (excluding diaryl/α,β-unsaturated/α-hetero) is 3. The fourth-order valence-electron chi connectivity index (χ4n) is 5.87. The van der Waals surface area contributed by atoms with E-state index in [0.717, 1.165) is 0 Å². The molecule has 0 saturated heterocycles. The number of rotatable bonds is 22. The van der Waals surface area contributed by atoms with Gasteiger partial charge in [-0.2, -0.15) is 0 Å². The van der Waals surface area contributed by atoms with E-state index in [9.17, 15) is 43.8 Å². The van der Waals surface area contributed by atoms with E-state index in [2.05, 4.69) is 0 Å². The van der Waals surface area contributed by atoms with Gasteiger partial charge in [0.1, 0.15) is 5.41 Å². The summed E-state index contributed by atoms with van der Waals surface area (Å²) < 4.78 is 0. The molecule has 0 aromatic carbocycles. The highest BCUT2D eigenvalue weighted by molar-refractivity contribution is 6.27. The lowest BCUT2D eigenvalue weighted by Gasteiger charge is -2.51. The van der Waals surface area contributed by atoms with Crippen LogP contribution in [0.5, 0.6) is 0 Å². The first kappa shape index (κ1) is 42.9. The van der Waals surface area contributed by atoms with Crippen molar-refractivity contribution in [2.45, 2.75) is 110 Å². The number of carbonyl (C=O) groups is 7. The molecule has 0 aliphatic carbocycles. The second kappa shape index (κ2) is 18.3. The van der Waals surface area contributed by atoms with Crippen molar-refractivity contribution in [2.75, 3.05) is 13.1 Å². The Morgan fingerprint density at radius 2 is 1.07 bits per heavy atom. The average molecular weight is 658 g/mol. The fraction of sp³-hybridized carbons (Fsp3) is 0.767. The lowest BCUT2D eigenvalue weighted by Crippen LogP contribution is -2.81. The highest BCUT2D eigenvalue weighted by Crippen LogP contribution is 2.46. The number of amides is 2. The summed E-state index contributed by atoms with van der Waals surface area (Å²) >= 11 is 0. The van der Waals surface area contributed by atoms with Crippen LogP contribution < -0.4 is 34.4 Å². The van der Waals surface area contributed by atoms with Crippen molar-refractivity contribution in [1.29, 1.82) is 0 Å². The first-order valence-corrected chi connectivity index (χ1v) is 15.5. The largest absolute Gasteiger partial charge is 0.481 e. The number of nitrogens with two attached hydrogens (primary N) is 6. The van der Waals surface area contributed by atoms with Crippen molar-refractivity contribution in [3.8, 4) is 0 Å². The molecule has 0 aliphatic rings. The van der Waals surface area contributed by atoms with Gasteiger partial charge in [0, 0.05) is 0 Å². The van der Waals surface area contributed by atoms with Crippen LogP contribution in [0, 0.1) is 23.2 Å². The Kier molecular flexibility index (Phi) is 17.0. The first-order valence-electron chi connectivity index (χ1n) is 15.5. The summed E-state index contributed by atoms with van der Waals surface area (Å²) in [5, 5.41) is 20.6. The predicted octanol–water partition coefficient (Wildman–Crippen LogP) is -1.52. The minimum atomic E-state index is -3.74. The van der Waals surface area contributed by atoms with Crippen molar-refractivity contribution in [2.24, 2.45) is 57.6 Å². The smallest absolute Gasteiger partial charge is 0.339 e. The molecule has 46 heavy (non-hydrogen) atoms. The molecule has 16 heteroatoms. The molecule has 16 nitrogen and oxygen atoms in total. The SMILES string of the molecule is CC(C)CC(N)C(=O)N(C(=O)C(N)CC(=O)O)C(C(=O)O)(C(=O)C(N)CC(C)C)C(CCCN)(C(=O)CN)C(=O)C(N)CC(C)C. The van der Waals surface area contributed by atoms with Crippen molar-refractivity contribution >= 4 is 41.1 Å². The number of carboxylic acids is 2. The van der Waals surface area contributed by atoms with E-state index in [4.69, 9.17) is 34.4 Å². The van der Waals surface area contributed by atoms with Gasteiger partial charge in [0.15, 0.2) is 17.3 Å². The van der Waals surface area contributed by atoms with Gasteiger partial charge in [0.2, 0.25) is 17.4 Å². The molecular formula is C30H55N7O9. The minimum Gasteiger partial charge on any atom is -0.481 e. The van der Waals surface area contributed by atoms with Crippen LogP contribution in [-0.4, -0.2) is 99.0 Å². The van der Waals surface area contributed by atoms with E-state index >= 15 is 0 Å². The number of carboxylic acid groups (broad SMARTS) is 2. The lowest BCUT2D eigenvalue weighted by atomic mass is 9.56. The molecule has 0 saturated carbocycles. The molecule has 0 spiro atoms. The zero-order valence-electron chi connectivity index (χ0n) is 27.9.